The third-order valence-corrected chi connectivity index (χ3v) is 3.84. The van der Waals surface area contributed by atoms with Gasteiger partial charge in [0.25, 0.3) is 0 Å². The van der Waals surface area contributed by atoms with Crippen LogP contribution >= 0.6 is 0 Å². The van der Waals surface area contributed by atoms with Crippen LogP contribution in [-0.4, -0.2) is 56.4 Å². The fourth-order valence-corrected chi connectivity index (χ4v) is 2.73. The van der Waals surface area contributed by atoms with Crippen LogP contribution < -0.4 is 5.32 Å². The number of ether oxygens (including phenoxy) is 2. The Morgan fingerprint density at radius 1 is 1.48 bits per heavy atom. The molecule has 1 aromatic carbocycles. The molecule has 2 rings (SSSR count). The van der Waals surface area contributed by atoms with Gasteiger partial charge < -0.3 is 14.8 Å². The summed E-state index contributed by atoms with van der Waals surface area (Å²) in [5.74, 6) is -0.332. The van der Waals surface area contributed by atoms with Crippen molar-refractivity contribution in [3.63, 3.8) is 0 Å². The fraction of sp³-hybridized carbons (Fsp3) is 0.588. The Balaban J connectivity index is 1.82. The van der Waals surface area contributed by atoms with E-state index >= 15 is 0 Å². The van der Waals surface area contributed by atoms with E-state index in [0.717, 1.165) is 6.42 Å². The van der Waals surface area contributed by atoms with Gasteiger partial charge in [-0.2, -0.15) is 0 Å². The molecule has 0 unspecified atom stereocenters. The lowest BCUT2D eigenvalue weighted by atomic mass is 10.1. The summed E-state index contributed by atoms with van der Waals surface area (Å²) in [5, 5.41) is 3.01. The summed E-state index contributed by atoms with van der Waals surface area (Å²) < 4.78 is 24.6. The topological polar surface area (TPSA) is 50.8 Å². The van der Waals surface area contributed by atoms with Crippen molar-refractivity contribution < 1.29 is 18.7 Å². The molecule has 0 saturated carbocycles. The second-order valence-corrected chi connectivity index (χ2v) is 5.80. The molecule has 0 aliphatic carbocycles. The Morgan fingerprint density at radius 2 is 2.26 bits per heavy atom. The van der Waals surface area contributed by atoms with E-state index in [-0.39, 0.29) is 30.4 Å². The van der Waals surface area contributed by atoms with E-state index in [1.807, 2.05) is 6.92 Å². The molecule has 1 heterocycles. The fourth-order valence-electron chi connectivity index (χ4n) is 2.73. The Labute approximate surface area is 136 Å². The molecule has 1 fully saturated rings. The van der Waals surface area contributed by atoms with Gasteiger partial charge in [0.15, 0.2) is 0 Å². The predicted octanol–water partition coefficient (Wildman–Crippen LogP) is 1.57. The molecule has 23 heavy (non-hydrogen) atoms. The molecular weight excluding hydrogens is 299 g/mol. The summed E-state index contributed by atoms with van der Waals surface area (Å²) in [4.78, 5) is 14.0. The molecule has 5 nitrogen and oxygen atoms in total. The molecule has 1 aliphatic heterocycles. The first kappa shape index (κ1) is 17.8. The van der Waals surface area contributed by atoms with Gasteiger partial charge in [0.1, 0.15) is 11.9 Å². The first-order valence-electron chi connectivity index (χ1n) is 8.00. The molecule has 0 aromatic heterocycles. The van der Waals surface area contributed by atoms with Crippen LogP contribution in [0, 0.1) is 5.82 Å². The molecule has 1 N–H and O–H groups in total. The van der Waals surface area contributed by atoms with Gasteiger partial charge in [0, 0.05) is 25.3 Å². The third-order valence-electron chi connectivity index (χ3n) is 3.84. The van der Waals surface area contributed by atoms with Crippen LogP contribution in [0.15, 0.2) is 24.3 Å². The number of carbonyl (C=O) groups excluding carboxylic acids is 1. The molecule has 2 atom stereocenters. The van der Waals surface area contributed by atoms with Crippen LogP contribution in [0.2, 0.25) is 0 Å². The summed E-state index contributed by atoms with van der Waals surface area (Å²) >= 11 is 0. The molecule has 0 bridgehead atoms. The number of likely N-dealkylation sites (N-methyl/N-ethyl adjacent to an activating group) is 1. The van der Waals surface area contributed by atoms with Gasteiger partial charge in [-0.25, -0.2) is 4.39 Å². The average molecular weight is 324 g/mol. The molecule has 0 spiro atoms. The second-order valence-electron chi connectivity index (χ2n) is 5.80. The van der Waals surface area contributed by atoms with Gasteiger partial charge in [0.05, 0.1) is 19.2 Å². The highest BCUT2D eigenvalue weighted by molar-refractivity contribution is 5.78. The first-order valence-corrected chi connectivity index (χ1v) is 8.00. The van der Waals surface area contributed by atoms with Crippen LogP contribution in [0.1, 0.15) is 18.9 Å². The summed E-state index contributed by atoms with van der Waals surface area (Å²) in [5.41, 5.74) is 0.584. The highest BCUT2D eigenvalue weighted by Gasteiger charge is 2.27. The summed E-state index contributed by atoms with van der Waals surface area (Å²) in [6.07, 6.45) is 0.641. The van der Waals surface area contributed by atoms with Crippen molar-refractivity contribution in [2.45, 2.75) is 32.0 Å². The van der Waals surface area contributed by atoms with Gasteiger partial charge in [-0.1, -0.05) is 18.2 Å². The number of nitrogens with zero attached hydrogens (tertiary/aromatic N) is 1. The lowest BCUT2D eigenvalue weighted by Gasteiger charge is -2.32. The van der Waals surface area contributed by atoms with Crippen molar-refractivity contribution in [1.29, 1.82) is 0 Å². The third kappa shape index (κ3) is 5.57. The zero-order valence-electron chi connectivity index (χ0n) is 13.8. The van der Waals surface area contributed by atoms with Crippen LogP contribution in [0.3, 0.4) is 0 Å². The molecule has 1 aromatic rings. The number of halogens is 1. The van der Waals surface area contributed by atoms with E-state index in [9.17, 15) is 9.18 Å². The number of amides is 1. The highest BCUT2D eigenvalue weighted by Crippen LogP contribution is 2.12. The summed E-state index contributed by atoms with van der Waals surface area (Å²) in [6.45, 7) is 4.25. The molecule has 1 aliphatic rings. The predicted molar refractivity (Wildman–Crippen MR) is 85.5 cm³/mol. The van der Waals surface area contributed by atoms with E-state index in [2.05, 4.69) is 5.32 Å². The van der Waals surface area contributed by atoms with Crippen molar-refractivity contribution in [3.8, 4) is 0 Å². The van der Waals surface area contributed by atoms with E-state index < -0.39 is 0 Å². The average Bonchev–Trinajstić information content (AvgIpc) is 2.51. The lowest BCUT2D eigenvalue weighted by molar-refractivity contribution is -0.126. The summed E-state index contributed by atoms with van der Waals surface area (Å²) in [6, 6.07) is 6.58. The summed E-state index contributed by atoms with van der Waals surface area (Å²) in [7, 11) is 1.80. The smallest absolute Gasteiger partial charge is 0.234 e. The maximum Gasteiger partial charge on any atom is 0.234 e. The molecular formula is C17H25FN2O3. The Bertz CT molecular complexity index is 510. The van der Waals surface area contributed by atoms with Crippen molar-refractivity contribution in [1.82, 2.24) is 10.2 Å². The number of benzene rings is 1. The molecule has 0 radical (unpaired) electrons. The SMILES string of the molecule is CCO[C@@H]1COCC[C@H]1NC(=O)CN(C)Cc1ccccc1F. The highest BCUT2D eigenvalue weighted by atomic mass is 19.1. The normalized spacial score (nSPS) is 21.4. The zero-order valence-corrected chi connectivity index (χ0v) is 13.8. The van der Waals surface area contributed by atoms with Crippen LogP contribution in [0.4, 0.5) is 4.39 Å². The van der Waals surface area contributed by atoms with Crippen LogP contribution in [-0.2, 0) is 20.8 Å². The number of rotatable bonds is 7. The quantitative estimate of drug-likeness (QED) is 0.827. The Morgan fingerprint density at radius 3 is 3.00 bits per heavy atom. The Kier molecular flexibility index (Phi) is 6.95. The van der Waals surface area contributed by atoms with Crippen molar-refractivity contribution in [3.05, 3.63) is 35.6 Å². The number of carbonyl (C=O) groups is 1. The van der Waals surface area contributed by atoms with E-state index in [1.165, 1.54) is 6.07 Å². The van der Waals surface area contributed by atoms with Gasteiger partial charge in [-0.15, -0.1) is 0 Å². The maximum atomic E-state index is 13.6. The van der Waals surface area contributed by atoms with Gasteiger partial charge in [-0.3, -0.25) is 9.69 Å². The van der Waals surface area contributed by atoms with Crippen LogP contribution in [0.25, 0.3) is 0 Å². The van der Waals surface area contributed by atoms with Gasteiger partial charge >= 0.3 is 0 Å². The minimum atomic E-state index is -0.249. The number of hydrogen-bond donors (Lipinski definition) is 1. The molecule has 1 amide bonds. The zero-order chi connectivity index (χ0) is 16.7. The van der Waals surface area contributed by atoms with Crippen molar-refractivity contribution in [2.75, 3.05) is 33.4 Å². The van der Waals surface area contributed by atoms with Crippen molar-refractivity contribution in [2.24, 2.45) is 0 Å². The van der Waals surface area contributed by atoms with E-state index in [4.69, 9.17) is 9.47 Å². The number of nitrogens with one attached hydrogen (secondary N) is 1. The van der Waals surface area contributed by atoms with Gasteiger partial charge in [-0.05, 0) is 26.5 Å². The van der Waals surface area contributed by atoms with Gasteiger partial charge in [0.2, 0.25) is 5.91 Å². The number of hydrogen-bond acceptors (Lipinski definition) is 4. The largest absolute Gasteiger partial charge is 0.379 e. The first-order chi connectivity index (χ1) is 11.1. The van der Waals surface area contributed by atoms with E-state index in [0.29, 0.717) is 31.9 Å². The maximum absolute atomic E-state index is 13.6. The monoisotopic (exact) mass is 324 g/mol. The molecule has 6 heteroatoms. The molecule has 1 saturated heterocycles. The lowest BCUT2D eigenvalue weighted by Crippen LogP contribution is -2.51. The minimum absolute atomic E-state index is 0.0296. The Hall–Kier alpha value is -1.50. The van der Waals surface area contributed by atoms with E-state index in [1.54, 1.807) is 30.1 Å². The van der Waals surface area contributed by atoms with Crippen molar-refractivity contribution >= 4 is 5.91 Å². The standard InChI is InChI=1S/C17H25FN2O3/c1-3-23-16-12-22-9-8-15(16)19-17(21)11-20(2)10-13-6-4-5-7-14(13)18/h4-7,15-16H,3,8-12H2,1-2H3,(H,19,21)/t15-,16-/m1/s1. The molecule has 128 valence electrons. The second kappa shape index (κ2) is 8.96. The van der Waals surface area contributed by atoms with Crippen LogP contribution in [0.5, 0.6) is 0 Å². The minimum Gasteiger partial charge on any atom is -0.379 e.